The predicted molar refractivity (Wildman–Crippen MR) is 142 cm³/mol. The van der Waals surface area contributed by atoms with Crippen molar-refractivity contribution >= 4 is 34.4 Å². The monoisotopic (exact) mass is 511 g/mol. The maximum atomic E-state index is 13.5. The van der Waals surface area contributed by atoms with Gasteiger partial charge in [-0.1, -0.05) is 18.2 Å². The number of fused-ring (bicyclic) bond motifs is 2. The molecule has 1 unspecified atom stereocenters. The average molecular weight is 512 g/mol. The molecule has 0 spiro atoms. The van der Waals surface area contributed by atoms with Gasteiger partial charge >= 0.3 is 5.97 Å². The molecular formula is C30H26FN3O4. The number of nitrogens with one attached hydrogen (secondary N) is 2. The molecule has 1 aromatic heterocycles. The van der Waals surface area contributed by atoms with Crippen LogP contribution in [0.25, 0.3) is 22.2 Å². The fourth-order valence-electron chi connectivity index (χ4n) is 4.78. The van der Waals surface area contributed by atoms with E-state index in [9.17, 15) is 18.8 Å². The highest BCUT2D eigenvalue weighted by molar-refractivity contribution is 6.00. The number of nitrogens with zero attached hydrogens (tertiary/aromatic N) is 1. The number of pyridine rings is 1. The molecule has 0 aliphatic carbocycles. The van der Waals surface area contributed by atoms with Crippen molar-refractivity contribution in [2.75, 3.05) is 5.32 Å². The first-order valence-electron chi connectivity index (χ1n) is 12.5. The molecule has 1 atom stereocenters. The van der Waals surface area contributed by atoms with Gasteiger partial charge in [0.1, 0.15) is 5.82 Å². The molecule has 38 heavy (non-hydrogen) atoms. The van der Waals surface area contributed by atoms with Gasteiger partial charge in [0.25, 0.3) is 5.91 Å². The number of carbonyl (C=O) groups is 3. The summed E-state index contributed by atoms with van der Waals surface area (Å²) in [6.07, 6.45) is 2.00. The lowest BCUT2D eigenvalue weighted by atomic mass is 9.96. The number of rotatable bonds is 8. The Morgan fingerprint density at radius 2 is 1.82 bits per heavy atom. The maximum absolute atomic E-state index is 13.5. The lowest BCUT2D eigenvalue weighted by molar-refractivity contribution is -0.137. The molecule has 1 aliphatic heterocycles. The van der Waals surface area contributed by atoms with E-state index in [4.69, 9.17) is 10.1 Å². The van der Waals surface area contributed by atoms with E-state index in [1.165, 1.54) is 12.1 Å². The smallest absolute Gasteiger partial charge is 0.303 e. The van der Waals surface area contributed by atoms with Crippen LogP contribution in [-0.4, -0.2) is 27.9 Å². The van der Waals surface area contributed by atoms with Gasteiger partial charge < -0.3 is 15.7 Å². The summed E-state index contributed by atoms with van der Waals surface area (Å²) in [4.78, 5) is 41.1. The summed E-state index contributed by atoms with van der Waals surface area (Å²) in [7, 11) is 0. The number of para-hydroxylation sites is 1. The van der Waals surface area contributed by atoms with Gasteiger partial charge in [-0.2, -0.15) is 0 Å². The highest BCUT2D eigenvalue weighted by atomic mass is 19.1. The number of unbranched alkanes of at least 4 members (excludes halogenated alkanes) is 1. The van der Waals surface area contributed by atoms with Crippen LogP contribution in [0.3, 0.4) is 0 Å². The Kier molecular flexibility index (Phi) is 7.13. The quantitative estimate of drug-likeness (QED) is 0.265. The molecule has 0 fully saturated rings. The van der Waals surface area contributed by atoms with E-state index in [-0.39, 0.29) is 30.5 Å². The van der Waals surface area contributed by atoms with Crippen molar-refractivity contribution in [2.45, 2.75) is 38.1 Å². The zero-order valence-corrected chi connectivity index (χ0v) is 20.5. The lowest BCUT2D eigenvalue weighted by Crippen LogP contribution is -2.35. The van der Waals surface area contributed by atoms with Gasteiger partial charge in [-0.25, -0.2) is 9.37 Å². The molecule has 1 aliphatic rings. The maximum Gasteiger partial charge on any atom is 0.303 e. The van der Waals surface area contributed by atoms with Gasteiger partial charge in [0, 0.05) is 28.6 Å². The van der Waals surface area contributed by atoms with Gasteiger partial charge in [0.2, 0.25) is 5.91 Å². The van der Waals surface area contributed by atoms with E-state index in [1.807, 2.05) is 30.3 Å². The van der Waals surface area contributed by atoms with Crippen LogP contribution in [0.1, 0.15) is 53.2 Å². The third-order valence-electron chi connectivity index (χ3n) is 6.67. The van der Waals surface area contributed by atoms with Crippen LogP contribution in [0, 0.1) is 5.82 Å². The number of carbonyl (C=O) groups excluding carboxylic acids is 2. The summed E-state index contributed by atoms with van der Waals surface area (Å²) in [5.74, 6) is -1.63. The molecule has 0 bridgehead atoms. The second-order valence-electron chi connectivity index (χ2n) is 9.38. The number of hydrogen-bond donors (Lipinski definition) is 3. The normalized spacial score (nSPS) is 14.6. The molecule has 5 rings (SSSR count). The topological polar surface area (TPSA) is 108 Å². The van der Waals surface area contributed by atoms with E-state index in [0.717, 1.165) is 22.1 Å². The van der Waals surface area contributed by atoms with E-state index < -0.39 is 12.0 Å². The summed E-state index contributed by atoms with van der Waals surface area (Å²) in [6, 6.07) is 20.3. The molecule has 0 radical (unpaired) electrons. The van der Waals surface area contributed by atoms with Crippen molar-refractivity contribution < 1.29 is 23.9 Å². The summed E-state index contributed by atoms with van der Waals surface area (Å²) >= 11 is 0. The highest BCUT2D eigenvalue weighted by Gasteiger charge is 2.26. The zero-order valence-electron chi connectivity index (χ0n) is 20.5. The van der Waals surface area contributed by atoms with Crippen LogP contribution in [0.2, 0.25) is 0 Å². The first-order chi connectivity index (χ1) is 18.4. The molecule has 3 aromatic carbocycles. The minimum Gasteiger partial charge on any atom is -0.481 e. The van der Waals surface area contributed by atoms with Gasteiger partial charge in [-0.05, 0) is 85.0 Å². The zero-order chi connectivity index (χ0) is 26.6. The van der Waals surface area contributed by atoms with Crippen molar-refractivity contribution in [3.63, 3.8) is 0 Å². The van der Waals surface area contributed by atoms with Crippen LogP contribution < -0.4 is 10.6 Å². The van der Waals surface area contributed by atoms with E-state index in [1.54, 1.807) is 30.3 Å². The number of hydrogen-bond acceptors (Lipinski definition) is 4. The number of carboxylic acids is 1. The van der Waals surface area contributed by atoms with Crippen LogP contribution in [0.15, 0.2) is 72.8 Å². The van der Waals surface area contributed by atoms with Crippen LogP contribution in [-0.2, 0) is 16.0 Å². The Morgan fingerprint density at radius 3 is 2.61 bits per heavy atom. The number of aliphatic carboxylic acids is 1. The molecule has 0 saturated heterocycles. The van der Waals surface area contributed by atoms with E-state index >= 15 is 0 Å². The average Bonchev–Trinajstić information content (AvgIpc) is 2.90. The SMILES string of the molecule is O=C(O)CCCCc1cc2cc(C(=O)NC3CC(=O)Nc4ccccc43)ccc2nc1-c1ccc(F)cc1. The fourth-order valence-corrected chi connectivity index (χ4v) is 4.78. The van der Waals surface area contributed by atoms with E-state index in [0.29, 0.717) is 41.7 Å². The van der Waals surface area contributed by atoms with Crippen molar-refractivity contribution in [1.82, 2.24) is 10.3 Å². The summed E-state index contributed by atoms with van der Waals surface area (Å²) in [5, 5.41) is 15.5. The predicted octanol–water partition coefficient (Wildman–Crippen LogP) is 5.65. The largest absolute Gasteiger partial charge is 0.481 e. The third-order valence-corrected chi connectivity index (χ3v) is 6.67. The Balaban J connectivity index is 1.44. The second kappa shape index (κ2) is 10.8. The Morgan fingerprint density at radius 1 is 1.03 bits per heavy atom. The van der Waals surface area contributed by atoms with Gasteiger partial charge in [-0.15, -0.1) is 0 Å². The van der Waals surface area contributed by atoms with Crippen LogP contribution >= 0.6 is 0 Å². The molecule has 2 heterocycles. The molecule has 0 saturated carbocycles. The van der Waals surface area contributed by atoms with Gasteiger partial charge in [-0.3, -0.25) is 14.4 Å². The molecular weight excluding hydrogens is 485 g/mol. The molecule has 192 valence electrons. The number of anilines is 1. The molecule has 3 N–H and O–H groups in total. The molecule has 4 aromatic rings. The Bertz CT molecular complexity index is 1530. The van der Waals surface area contributed by atoms with Gasteiger partial charge in [0.15, 0.2) is 0 Å². The minimum atomic E-state index is -0.839. The Hall–Kier alpha value is -4.59. The van der Waals surface area contributed by atoms with Gasteiger partial charge in [0.05, 0.1) is 23.7 Å². The number of amides is 2. The standard InChI is InChI=1S/C30H26FN3O4/c31-22-12-9-18(10-13-22)29-19(5-1-4-8-28(36)37)15-21-16-20(11-14-24(21)33-29)30(38)34-26-17-27(35)32-25-7-3-2-6-23(25)26/h2-3,6-7,9-16,26H,1,4-5,8,17H2,(H,32,35)(H,34,38)(H,36,37). The third kappa shape index (κ3) is 5.54. The Labute approximate surface area is 218 Å². The summed E-state index contributed by atoms with van der Waals surface area (Å²) in [5.41, 5.74) is 5.03. The first-order valence-corrected chi connectivity index (χ1v) is 12.5. The lowest BCUT2D eigenvalue weighted by Gasteiger charge is -2.26. The number of benzene rings is 3. The number of carboxylic acid groups (broad SMARTS) is 1. The number of aromatic nitrogens is 1. The molecule has 7 nitrogen and oxygen atoms in total. The van der Waals surface area contributed by atoms with Crippen molar-refractivity contribution in [2.24, 2.45) is 0 Å². The molecule has 8 heteroatoms. The number of halogens is 1. The summed E-state index contributed by atoms with van der Waals surface area (Å²) in [6.45, 7) is 0. The van der Waals surface area contributed by atoms with Crippen LogP contribution in [0.5, 0.6) is 0 Å². The van der Waals surface area contributed by atoms with Crippen molar-refractivity contribution in [3.05, 3.63) is 95.3 Å². The highest BCUT2D eigenvalue weighted by Crippen LogP contribution is 2.31. The second-order valence-corrected chi connectivity index (χ2v) is 9.38. The number of aryl methyl sites for hydroxylation is 1. The van der Waals surface area contributed by atoms with Crippen LogP contribution in [0.4, 0.5) is 10.1 Å². The summed E-state index contributed by atoms with van der Waals surface area (Å²) < 4.78 is 13.5. The van der Waals surface area contributed by atoms with Crippen molar-refractivity contribution in [1.29, 1.82) is 0 Å². The first kappa shape index (κ1) is 25.1. The van der Waals surface area contributed by atoms with Crippen molar-refractivity contribution in [3.8, 4) is 11.3 Å². The van der Waals surface area contributed by atoms with E-state index in [2.05, 4.69) is 10.6 Å². The minimum absolute atomic E-state index is 0.0829. The molecule has 2 amide bonds. The fraction of sp³-hybridized carbons (Fsp3) is 0.200.